The number of hydrogen-bond acceptors (Lipinski definition) is 4. The molecule has 0 bridgehead atoms. The van der Waals surface area contributed by atoms with E-state index in [2.05, 4.69) is 17.1 Å². The van der Waals surface area contributed by atoms with Gasteiger partial charge in [0.25, 0.3) is 0 Å². The van der Waals surface area contributed by atoms with Crippen LogP contribution in [0.25, 0.3) is 0 Å². The summed E-state index contributed by atoms with van der Waals surface area (Å²) in [6, 6.07) is 7.88. The molecule has 2 atom stereocenters. The molecule has 1 saturated heterocycles. The van der Waals surface area contributed by atoms with Crippen LogP contribution in [0.5, 0.6) is 5.75 Å². The lowest BCUT2D eigenvalue weighted by atomic mass is 9.92. The molecule has 0 radical (unpaired) electrons. The van der Waals surface area contributed by atoms with Crippen molar-refractivity contribution in [3.63, 3.8) is 0 Å². The quantitative estimate of drug-likeness (QED) is 0.735. The molecule has 6 heteroatoms. The van der Waals surface area contributed by atoms with Crippen LogP contribution < -0.4 is 15.8 Å². The molecule has 1 aliphatic heterocycles. The van der Waals surface area contributed by atoms with Gasteiger partial charge in [-0.05, 0) is 42.9 Å². The maximum atomic E-state index is 13.1. The van der Waals surface area contributed by atoms with Gasteiger partial charge in [0.2, 0.25) is 11.8 Å². The number of benzene rings is 1. The van der Waals surface area contributed by atoms with Crippen LogP contribution in [0.2, 0.25) is 0 Å². The van der Waals surface area contributed by atoms with Crippen LogP contribution in [0.3, 0.4) is 0 Å². The van der Waals surface area contributed by atoms with E-state index in [1.165, 1.54) is 0 Å². The molecule has 6 nitrogen and oxygen atoms in total. The molecule has 0 spiro atoms. The van der Waals surface area contributed by atoms with Crippen LogP contribution >= 0.6 is 0 Å². The number of likely N-dealkylation sites (tertiary alicyclic amines) is 1. The van der Waals surface area contributed by atoms with Crippen LogP contribution in [0.15, 0.2) is 24.3 Å². The maximum absolute atomic E-state index is 13.1. The molecular formula is C20H29N3O3. The lowest BCUT2D eigenvalue weighted by Crippen LogP contribution is -2.45. The van der Waals surface area contributed by atoms with Gasteiger partial charge in [-0.15, -0.1) is 0 Å². The smallest absolute Gasteiger partial charge is 0.231 e. The van der Waals surface area contributed by atoms with Gasteiger partial charge in [-0.25, -0.2) is 0 Å². The number of nitrogens with one attached hydrogen (secondary N) is 1. The third kappa shape index (κ3) is 3.85. The van der Waals surface area contributed by atoms with E-state index < -0.39 is 5.41 Å². The number of rotatable bonds is 8. The number of ether oxygens (including phenoxy) is 1. The summed E-state index contributed by atoms with van der Waals surface area (Å²) in [5.41, 5.74) is 5.99. The molecule has 26 heavy (non-hydrogen) atoms. The number of nitrogens with zero attached hydrogens (tertiary/aromatic N) is 1. The molecule has 3 rings (SSSR count). The molecule has 1 aromatic carbocycles. The highest BCUT2D eigenvalue weighted by Crippen LogP contribution is 2.49. The average Bonchev–Trinajstić information content (AvgIpc) is 3.35. The zero-order valence-electron chi connectivity index (χ0n) is 15.7. The number of nitrogens with two attached hydrogens (primary N) is 1. The van der Waals surface area contributed by atoms with Gasteiger partial charge in [-0.1, -0.05) is 25.5 Å². The standard InChI is InChI=1S/C20H29N3O3/c1-3-4-14-11-23(13-18(21)24)12-17(14)22-19(25)20(9-10-20)15-5-7-16(26-2)8-6-15/h5-8,14,17H,3-4,9-13H2,1-2H3,(H2,21,24)(H,22,25)/t14-,17-/m1/s1. The second kappa shape index (κ2) is 7.66. The van der Waals surface area contributed by atoms with Gasteiger partial charge in [-0.2, -0.15) is 0 Å². The Hall–Kier alpha value is -2.08. The molecule has 2 aliphatic rings. The molecule has 2 amide bonds. The number of hydrogen-bond donors (Lipinski definition) is 2. The fourth-order valence-electron chi connectivity index (χ4n) is 4.13. The monoisotopic (exact) mass is 359 g/mol. The van der Waals surface area contributed by atoms with E-state index in [1.807, 2.05) is 24.3 Å². The summed E-state index contributed by atoms with van der Waals surface area (Å²) in [5, 5.41) is 3.28. The van der Waals surface area contributed by atoms with Crippen molar-refractivity contribution in [3.05, 3.63) is 29.8 Å². The predicted molar refractivity (Wildman–Crippen MR) is 99.9 cm³/mol. The van der Waals surface area contributed by atoms with E-state index in [4.69, 9.17) is 10.5 Å². The summed E-state index contributed by atoms with van der Waals surface area (Å²) < 4.78 is 5.21. The van der Waals surface area contributed by atoms with E-state index >= 15 is 0 Å². The van der Waals surface area contributed by atoms with Crippen LogP contribution in [0.1, 0.15) is 38.2 Å². The van der Waals surface area contributed by atoms with Crippen molar-refractivity contribution in [2.45, 2.75) is 44.1 Å². The van der Waals surface area contributed by atoms with Crippen molar-refractivity contribution in [1.82, 2.24) is 10.2 Å². The topological polar surface area (TPSA) is 84.7 Å². The van der Waals surface area contributed by atoms with Gasteiger partial charge >= 0.3 is 0 Å². The van der Waals surface area contributed by atoms with Gasteiger partial charge in [0, 0.05) is 19.1 Å². The van der Waals surface area contributed by atoms with Crippen molar-refractivity contribution in [2.24, 2.45) is 11.7 Å². The average molecular weight is 359 g/mol. The first-order valence-corrected chi connectivity index (χ1v) is 9.44. The second-order valence-electron chi connectivity index (χ2n) is 7.60. The highest BCUT2D eigenvalue weighted by atomic mass is 16.5. The summed E-state index contributed by atoms with van der Waals surface area (Å²) in [6.07, 6.45) is 3.85. The molecule has 0 unspecified atom stereocenters. The number of primary amides is 1. The summed E-state index contributed by atoms with van der Waals surface area (Å²) in [5.74, 6) is 0.958. The zero-order chi connectivity index (χ0) is 18.7. The number of carbonyl (C=O) groups excluding carboxylic acids is 2. The first-order chi connectivity index (χ1) is 12.5. The molecule has 1 aromatic rings. The van der Waals surface area contributed by atoms with Gasteiger partial charge in [0.15, 0.2) is 0 Å². The molecular weight excluding hydrogens is 330 g/mol. The van der Waals surface area contributed by atoms with Crippen molar-refractivity contribution in [1.29, 1.82) is 0 Å². The Morgan fingerprint density at radius 3 is 2.50 bits per heavy atom. The summed E-state index contributed by atoms with van der Waals surface area (Å²) >= 11 is 0. The Morgan fingerprint density at radius 1 is 1.27 bits per heavy atom. The SMILES string of the molecule is CCC[C@@H]1CN(CC(N)=O)C[C@H]1NC(=O)C1(c2ccc(OC)cc2)CC1. The summed E-state index contributed by atoms with van der Waals surface area (Å²) in [4.78, 5) is 26.4. The summed E-state index contributed by atoms with van der Waals surface area (Å²) in [6.45, 7) is 3.92. The van der Waals surface area contributed by atoms with E-state index in [-0.39, 0.29) is 24.4 Å². The Morgan fingerprint density at radius 2 is 1.96 bits per heavy atom. The fourth-order valence-corrected chi connectivity index (χ4v) is 4.13. The molecule has 142 valence electrons. The van der Waals surface area contributed by atoms with Crippen LogP contribution in [0, 0.1) is 5.92 Å². The number of carbonyl (C=O) groups is 2. The normalized spacial score (nSPS) is 24.2. The highest BCUT2D eigenvalue weighted by molar-refractivity contribution is 5.91. The van der Waals surface area contributed by atoms with Crippen molar-refractivity contribution in [3.8, 4) is 5.75 Å². The molecule has 1 aliphatic carbocycles. The Bertz CT molecular complexity index is 655. The van der Waals surface area contributed by atoms with E-state index in [9.17, 15) is 9.59 Å². The van der Waals surface area contributed by atoms with E-state index in [1.54, 1.807) is 7.11 Å². The molecule has 2 fully saturated rings. The van der Waals surface area contributed by atoms with Gasteiger partial charge in [-0.3, -0.25) is 14.5 Å². The third-order valence-corrected chi connectivity index (χ3v) is 5.70. The van der Waals surface area contributed by atoms with Crippen LogP contribution in [-0.2, 0) is 15.0 Å². The Balaban J connectivity index is 1.68. The maximum Gasteiger partial charge on any atom is 0.231 e. The Kier molecular flexibility index (Phi) is 5.51. The van der Waals surface area contributed by atoms with E-state index in [0.29, 0.717) is 12.5 Å². The molecule has 1 saturated carbocycles. The predicted octanol–water partition coefficient (Wildman–Crippen LogP) is 1.43. The van der Waals surface area contributed by atoms with Gasteiger partial charge in [0.1, 0.15) is 5.75 Å². The largest absolute Gasteiger partial charge is 0.497 e. The fraction of sp³-hybridized carbons (Fsp3) is 0.600. The number of methoxy groups -OCH3 is 1. The minimum Gasteiger partial charge on any atom is -0.497 e. The lowest BCUT2D eigenvalue weighted by molar-refractivity contribution is -0.124. The van der Waals surface area contributed by atoms with Crippen LogP contribution in [0.4, 0.5) is 0 Å². The first-order valence-electron chi connectivity index (χ1n) is 9.44. The minimum atomic E-state index is -0.403. The highest BCUT2D eigenvalue weighted by Gasteiger charge is 2.52. The third-order valence-electron chi connectivity index (χ3n) is 5.70. The Labute approximate surface area is 155 Å². The van der Waals surface area contributed by atoms with Crippen molar-refractivity contribution >= 4 is 11.8 Å². The van der Waals surface area contributed by atoms with Crippen molar-refractivity contribution < 1.29 is 14.3 Å². The second-order valence-corrected chi connectivity index (χ2v) is 7.60. The minimum absolute atomic E-state index is 0.0810. The number of amides is 2. The molecule has 1 heterocycles. The van der Waals surface area contributed by atoms with Gasteiger partial charge < -0.3 is 15.8 Å². The van der Waals surface area contributed by atoms with Gasteiger partial charge in [0.05, 0.1) is 19.1 Å². The van der Waals surface area contributed by atoms with E-state index in [0.717, 1.165) is 43.5 Å². The van der Waals surface area contributed by atoms with Crippen LogP contribution in [-0.4, -0.2) is 49.5 Å². The zero-order valence-corrected chi connectivity index (χ0v) is 15.7. The molecule has 0 aromatic heterocycles. The van der Waals surface area contributed by atoms with Crippen molar-refractivity contribution in [2.75, 3.05) is 26.7 Å². The summed E-state index contributed by atoms with van der Waals surface area (Å²) in [7, 11) is 1.64. The molecule has 3 N–H and O–H groups in total. The lowest BCUT2D eigenvalue weighted by Gasteiger charge is -2.23. The first kappa shape index (κ1) is 18.7.